The molecule has 0 radical (unpaired) electrons. The molecule has 0 aliphatic carbocycles. The molecule has 0 spiro atoms. The number of aromatic nitrogens is 1. The van der Waals surface area contributed by atoms with Gasteiger partial charge in [0.05, 0.1) is 13.7 Å². The van der Waals surface area contributed by atoms with Crippen LogP contribution in [0.25, 0.3) is 0 Å². The first-order valence-corrected chi connectivity index (χ1v) is 6.04. The normalized spacial score (nSPS) is 9.37. The van der Waals surface area contributed by atoms with Crippen LogP contribution < -0.4 is 4.74 Å². The van der Waals surface area contributed by atoms with Crippen molar-refractivity contribution in [2.45, 2.75) is 13.8 Å². The Hall–Kier alpha value is -1.40. The maximum Gasteiger partial charge on any atom is 0.341 e. The van der Waals surface area contributed by atoms with Gasteiger partial charge in [-0.25, -0.2) is 9.18 Å². The molecular weight excluding hydrogens is 277 g/mol. The van der Waals surface area contributed by atoms with Gasteiger partial charge in [0.15, 0.2) is 5.82 Å². The number of methoxy groups -OCH3 is 2. The fourth-order valence-electron chi connectivity index (χ4n) is 1.03. The maximum atomic E-state index is 13.5. The topological polar surface area (TPSA) is 57.7 Å². The number of hydrogen-bond acceptors (Lipinski definition) is 5. The minimum Gasteiger partial charge on any atom is -0.473 e. The van der Waals surface area contributed by atoms with Gasteiger partial charge in [-0.1, -0.05) is 25.4 Å². The molecule has 5 nitrogen and oxygen atoms in total. The van der Waals surface area contributed by atoms with E-state index in [0.717, 1.165) is 6.07 Å². The molecule has 1 heterocycles. The van der Waals surface area contributed by atoms with Gasteiger partial charge in [-0.3, -0.25) is 0 Å². The van der Waals surface area contributed by atoms with Crippen LogP contribution in [0.1, 0.15) is 24.2 Å². The zero-order valence-corrected chi connectivity index (χ0v) is 12.1. The molecule has 0 bridgehead atoms. The zero-order chi connectivity index (χ0) is 14.8. The number of pyridine rings is 1. The van der Waals surface area contributed by atoms with Crippen molar-refractivity contribution >= 4 is 17.6 Å². The summed E-state index contributed by atoms with van der Waals surface area (Å²) < 4.78 is 27.6. The van der Waals surface area contributed by atoms with E-state index in [9.17, 15) is 9.18 Å². The van der Waals surface area contributed by atoms with Crippen molar-refractivity contribution in [3.63, 3.8) is 0 Å². The molecule has 0 N–H and O–H groups in total. The predicted octanol–water partition coefficient (Wildman–Crippen LogP) is 2.71. The lowest BCUT2D eigenvalue weighted by atomic mass is 10.3. The van der Waals surface area contributed by atoms with Gasteiger partial charge in [-0.2, -0.15) is 4.98 Å². The van der Waals surface area contributed by atoms with Gasteiger partial charge >= 0.3 is 5.97 Å². The summed E-state index contributed by atoms with van der Waals surface area (Å²) in [5, 5.41) is -0.175. The highest BCUT2D eigenvalue weighted by atomic mass is 35.5. The summed E-state index contributed by atoms with van der Waals surface area (Å²) in [6, 6.07) is 0.920. The highest BCUT2D eigenvalue weighted by molar-refractivity contribution is 6.32. The van der Waals surface area contributed by atoms with Gasteiger partial charge in [0, 0.05) is 7.11 Å². The first kappa shape index (κ1) is 17.6. The average Bonchev–Trinajstić information content (AvgIpc) is 2.43. The van der Waals surface area contributed by atoms with Gasteiger partial charge in [-0.15, -0.1) is 0 Å². The van der Waals surface area contributed by atoms with Crippen LogP contribution in [0.2, 0.25) is 5.15 Å². The van der Waals surface area contributed by atoms with E-state index in [0.29, 0.717) is 0 Å². The molecule has 7 heteroatoms. The van der Waals surface area contributed by atoms with E-state index < -0.39 is 11.8 Å². The van der Waals surface area contributed by atoms with Crippen molar-refractivity contribution in [3.8, 4) is 5.88 Å². The second-order valence-corrected chi connectivity index (χ2v) is 3.30. The fourth-order valence-corrected chi connectivity index (χ4v) is 1.24. The molecule has 0 aliphatic heterocycles. The molecule has 0 aromatic carbocycles. The molecule has 1 aromatic heterocycles. The van der Waals surface area contributed by atoms with Crippen LogP contribution >= 0.6 is 11.6 Å². The monoisotopic (exact) mass is 293 g/mol. The van der Waals surface area contributed by atoms with Gasteiger partial charge in [0.25, 0.3) is 5.88 Å². The molecule has 0 saturated carbocycles. The highest BCUT2D eigenvalue weighted by Crippen LogP contribution is 2.22. The molecule has 0 saturated heterocycles. The standard InChI is InChI=1S/C10H11ClFNO4.C2H6/c1-15-3-4-17-9-7(12)5-6(8(11)13-9)10(14)16-2;1-2/h5H,3-4H2,1-2H3;1-2H3. The summed E-state index contributed by atoms with van der Waals surface area (Å²) in [6.07, 6.45) is 0. The first-order chi connectivity index (χ1) is 9.10. The fraction of sp³-hybridized carbons (Fsp3) is 0.500. The summed E-state index contributed by atoms with van der Waals surface area (Å²) >= 11 is 5.70. The SMILES string of the molecule is CC.COCCOc1nc(Cl)c(C(=O)OC)cc1F. The summed E-state index contributed by atoms with van der Waals surface area (Å²) in [7, 11) is 2.65. The molecule has 108 valence electrons. The Balaban J connectivity index is 0.00000154. The Morgan fingerprint density at radius 3 is 2.53 bits per heavy atom. The molecule has 0 aliphatic rings. The number of ether oxygens (including phenoxy) is 3. The van der Waals surface area contributed by atoms with Crippen LogP contribution in [0.5, 0.6) is 5.88 Å². The van der Waals surface area contributed by atoms with E-state index in [2.05, 4.69) is 9.72 Å². The number of carbonyl (C=O) groups is 1. The number of nitrogens with zero attached hydrogens (tertiary/aromatic N) is 1. The second-order valence-electron chi connectivity index (χ2n) is 2.95. The van der Waals surface area contributed by atoms with Gasteiger partial charge < -0.3 is 14.2 Å². The molecular formula is C12H17ClFNO4. The van der Waals surface area contributed by atoms with Gasteiger partial charge in [0.2, 0.25) is 0 Å². The van der Waals surface area contributed by atoms with Crippen molar-refractivity contribution < 1.29 is 23.4 Å². The molecule has 0 unspecified atom stereocenters. The quantitative estimate of drug-likeness (QED) is 0.474. The third-order valence-electron chi connectivity index (χ3n) is 1.83. The third-order valence-corrected chi connectivity index (χ3v) is 2.12. The Bertz CT molecular complexity index is 415. The average molecular weight is 294 g/mol. The lowest BCUT2D eigenvalue weighted by Gasteiger charge is -2.08. The second kappa shape index (κ2) is 9.52. The van der Waals surface area contributed by atoms with Crippen molar-refractivity contribution in [2.24, 2.45) is 0 Å². The van der Waals surface area contributed by atoms with Gasteiger partial charge in [0.1, 0.15) is 17.3 Å². The maximum absolute atomic E-state index is 13.5. The summed E-state index contributed by atoms with van der Waals surface area (Å²) in [4.78, 5) is 14.8. The lowest BCUT2D eigenvalue weighted by Crippen LogP contribution is -2.09. The molecule has 0 atom stereocenters. The predicted molar refractivity (Wildman–Crippen MR) is 69.3 cm³/mol. The minimum absolute atomic E-state index is 0.133. The van der Waals surface area contributed by atoms with E-state index in [1.54, 1.807) is 0 Å². The summed E-state index contributed by atoms with van der Waals surface area (Å²) in [5.41, 5.74) is -0.147. The molecule has 1 rings (SSSR count). The van der Waals surface area contributed by atoms with Crippen molar-refractivity contribution in [2.75, 3.05) is 27.4 Å². The number of carbonyl (C=O) groups excluding carboxylic acids is 1. The Kier molecular flexibility index (Phi) is 8.82. The molecule has 0 amide bonds. The van der Waals surface area contributed by atoms with Crippen LogP contribution in [0.15, 0.2) is 6.07 Å². The van der Waals surface area contributed by atoms with Crippen LogP contribution in [0.4, 0.5) is 4.39 Å². The summed E-state index contributed by atoms with van der Waals surface area (Å²) in [5.74, 6) is -1.82. The zero-order valence-electron chi connectivity index (χ0n) is 11.3. The minimum atomic E-state index is -0.786. The van der Waals surface area contributed by atoms with Crippen LogP contribution in [-0.2, 0) is 9.47 Å². The van der Waals surface area contributed by atoms with E-state index in [4.69, 9.17) is 21.1 Å². The Morgan fingerprint density at radius 2 is 2.00 bits per heavy atom. The van der Waals surface area contributed by atoms with Crippen molar-refractivity contribution in [1.82, 2.24) is 4.98 Å². The number of rotatable bonds is 5. The Labute approximate surface area is 116 Å². The first-order valence-electron chi connectivity index (χ1n) is 5.66. The smallest absolute Gasteiger partial charge is 0.341 e. The van der Waals surface area contributed by atoms with Crippen LogP contribution in [0, 0.1) is 5.82 Å². The van der Waals surface area contributed by atoms with E-state index in [-0.39, 0.29) is 29.8 Å². The molecule has 1 aromatic rings. The number of hydrogen-bond donors (Lipinski definition) is 0. The van der Waals surface area contributed by atoms with Crippen LogP contribution in [-0.4, -0.2) is 38.4 Å². The molecule has 0 fully saturated rings. The molecule has 19 heavy (non-hydrogen) atoms. The highest BCUT2D eigenvalue weighted by Gasteiger charge is 2.17. The Morgan fingerprint density at radius 1 is 1.37 bits per heavy atom. The van der Waals surface area contributed by atoms with E-state index in [1.807, 2.05) is 13.8 Å². The van der Waals surface area contributed by atoms with E-state index in [1.165, 1.54) is 14.2 Å². The summed E-state index contributed by atoms with van der Waals surface area (Å²) in [6.45, 7) is 4.42. The lowest BCUT2D eigenvalue weighted by molar-refractivity contribution is 0.0599. The van der Waals surface area contributed by atoms with Crippen molar-refractivity contribution in [3.05, 3.63) is 22.6 Å². The number of halogens is 2. The third kappa shape index (κ3) is 5.40. The van der Waals surface area contributed by atoms with Crippen molar-refractivity contribution in [1.29, 1.82) is 0 Å². The van der Waals surface area contributed by atoms with E-state index >= 15 is 0 Å². The largest absolute Gasteiger partial charge is 0.473 e. The van der Waals surface area contributed by atoms with Gasteiger partial charge in [-0.05, 0) is 6.07 Å². The number of esters is 1. The van der Waals surface area contributed by atoms with Crippen LogP contribution in [0.3, 0.4) is 0 Å².